The number of hydrogen-bond donors (Lipinski definition) is 1. The maximum Gasteiger partial charge on any atom is 0.283 e. The third-order valence-corrected chi connectivity index (χ3v) is 5.85. The van der Waals surface area contributed by atoms with E-state index in [4.69, 9.17) is 0 Å². The van der Waals surface area contributed by atoms with Gasteiger partial charge in [-0.15, -0.1) is 0 Å². The van der Waals surface area contributed by atoms with Crippen molar-refractivity contribution in [3.8, 4) is 21.7 Å². The lowest BCUT2D eigenvalue weighted by Gasteiger charge is -2.04. The number of sulfone groups is 1. The van der Waals surface area contributed by atoms with Gasteiger partial charge in [0.05, 0.1) is 22.5 Å². The van der Waals surface area contributed by atoms with Crippen molar-refractivity contribution in [3.63, 3.8) is 0 Å². The zero-order valence-electron chi connectivity index (χ0n) is 13.2. The maximum atomic E-state index is 13.2. The highest BCUT2D eigenvalue weighted by atomic mass is 32.2. The average Bonchev–Trinajstić information content (AvgIpc) is 2.99. The zero-order valence-corrected chi connectivity index (χ0v) is 14.8. The molecule has 24 heavy (non-hydrogen) atoms. The molecule has 0 amide bonds. The van der Waals surface area contributed by atoms with Crippen molar-refractivity contribution in [2.75, 3.05) is 13.3 Å². The van der Waals surface area contributed by atoms with E-state index in [-0.39, 0.29) is 10.7 Å². The minimum Gasteiger partial charge on any atom is -0.290 e. The zero-order chi connectivity index (χ0) is 17.3. The lowest BCUT2D eigenvalue weighted by Crippen LogP contribution is -2.72. The molecule has 0 aliphatic carbocycles. The molecule has 0 bridgehead atoms. The second kappa shape index (κ2) is 6.43. The van der Waals surface area contributed by atoms with Crippen molar-refractivity contribution in [1.82, 2.24) is 4.98 Å². The molecule has 0 radical (unpaired) electrons. The van der Waals surface area contributed by atoms with E-state index < -0.39 is 9.84 Å². The van der Waals surface area contributed by atoms with Gasteiger partial charge in [0.25, 0.3) is 5.13 Å². The number of quaternary nitrogens is 1. The van der Waals surface area contributed by atoms with E-state index in [9.17, 15) is 12.8 Å². The van der Waals surface area contributed by atoms with Gasteiger partial charge in [-0.05, 0) is 42.0 Å². The number of hydrogen-bond acceptors (Lipinski definition) is 4. The standard InChI is InChI=1S/C17H15FN2O2S2/c1-19-17-20-15(11-3-7-13(18)8-4-11)16(23-17)12-5-9-14(10-6-12)24(2,21)22/h3-10H,1-2H3,(H,19,20)/p+1. The summed E-state index contributed by atoms with van der Waals surface area (Å²) in [6.45, 7) is 0. The Labute approximate surface area is 143 Å². The number of rotatable bonds is 4. The first-order valence-electron chi connectivity index (χ1n) is 7.25. The first kappa shape index (κ1) is 16.8. The van der Waals surface area contributed by atoms with Crippen molar-refractivity contribution in [2.45, 2.75) is 4.90 Å². The van der Waals surface area contributed by atoms with Crippen molar-refractivity contribution in [1.29, 1.82) is 0 Å². The molecule has 0 aliphatic heterocycles. The largest absolute Gasteiger partial charge is 0.290 e. The number of nitrogens with two attached hydrogens (primary N) is 1. The molecule has 1 heterocycles. The Morgan fingerprint density at radius 2 is 1.58 bits per heavy atom. The van der Waals surface area contributed by atoms with Gasteiger partial charge in [-0.25, -0.2) is 12.8 Å². The molecule has 0 unspecified atom stereocenters. The van der Waals surface area contributed by atoms with E-state index >= 15 is 0 Å². The number of nitrogens with zero attached hydrogens (tertiary/aromatic N) is 1. The Bertz CT molecular complexity index is 963. The van der Waals surface area contributed by atoms with E-state index in [1.165, 1.54) is 29.7 Å². The van der Waals surface area contributed by atoms with Gasteiger partial charge in [0.2, 0.25) is 0 Å². The minimum absolute atomic E-state index is 0.279. The van der Waals surface area contributed by atoms with Crippen LogP contribution in [0.25, 0.3) is 21.7 Å². The normalized spacial score (nSPS) is 11.6. The summed E-state index contributed by atoms with van der Waals surface area (Å²) in [5.41, 5.74) is 2.47. The summed E-state index contributed by atoms with van der Waals surface area (Å²) < 4.78 is 36.4. The average molecular weight is 363 g/mol. The Morgan fingerprint density at radius 3 is 2.12 bits per heavy atom. The summed E-state index contributed by atoms with van der Waals surface area (Å²) in [5.74, 6) is -0.296. The van der Waals surface area contributed by atoms with Crippen molar-refractivity contribution in [2.24, 2.45) is 0 Å². The predicted octanol–water partition coefficient (Wildman–Crippen LogP) is 2.84. The predicted molar refractivity (Wildman–Crippen MR) is 93.6 cm³/mol. The molecule has 1 aromatic heterocycles. The molecule has 4 nitrogen and oxygen atoms in total. The molecule has 2 N–H and O–H groups in total. The molecule has 2 aromatic carbocycles. The molecule has 0 atom stereocenters. The molecule has 3 aromatic rings. The van der Waals surface area contributed by atoms with Crippen LogP contribution in [-0.4, -0.2) is 26.7 Å². The summed E-state index contributed by atoms with van der Waals surface area (Å²) in [4.78, 5) is 5.80. The number of aromatic nitrogens is 1. The van der Waals surface area contributed by atoms with Crippen LogP contribution < -0.4 is 5.32 Å². The molecule has 0 spiro atoms. The van der Waals surface area contributed by atoms with Crippen molar-refractivity contribution in [3.05, 3.63) is 54.3 Å². The van der Waals surface area contributed by atoms with Crippen molar-refractivity contribution < 1.29 is 18.1 Å². The van der Waals surface area contributed by atoms with Crippen LogP contribution in [0.5, 0.6) is 0 Å². The smallest absolute Gasteiger partial charge is 0.283 e. The minimum atomic E-state index is -3.23. The van der Waals surface area contributed by atoms with E-state index in [2.05, 4.69) is 4.98 Å². The van der Waals surface area contributed by atoms with Crippen LogP contribution in [-0.2, 0) is 9.84 Å². The van der Waals surface area contributed by atoms with E-state index in [1.54, 1.807) is 36.4 Å². The highest BCUT2D eigenvalue weighted by Gasteiger charge is 2.17. The monoisotopic (exact) mass is 363 g/mol. The van der Waals surface area contributed by atoms with Crippen molar-refractivity contribution >= 4 is 26.3 Å². The second-order valence-corrected chi connectivity index (χ2v) is 8.37. The third-order valence-electron chi connectivity index (χ3n) is 3.55. The quantitative estimate of drug-likeness (QED) is 0.775. The number of halogens is 1. The summed E-state index contributed by atoms with van der Waals surface area (Å²) in [6, 6.07) is 12.9. The Morgan fingerprint density at radius 1 is 1.00 bits per heavy atom. The molecule has 0 aliphatic rings. The SMILES string of the molecule is C[NH2+]c1nc(-c2ccc(F)cc2)c(-c2ccc(S(C)(=O)=O)cc2)s1. The Hall–Kier alpha value is -2.09. The van der Waals surface area contributed by atoms with E-state index in [0.29, 0.717) is 0 Å². The van der Waals surface area contributed by atoms with Gasteiger partial charge in [0.1, 0.15) is 5.82 Å². The highest BCUT2D eigenvalue weighted by molar-refractivity contribution is 7.90. The van der Waals surface area contributed by atoms with Gasteiger partial charge in [-0.1, -0.05) is 23.5 Å². The molecular weight excluding hydrogens is 347 g/mol. The van der Waals surface area contributed by atoms with Crippen LogP contribution in [0.15, 0.2) is 53.4 Å². The molecule has 124 valence electrons. The molecular formula is C17H16FN2O2S2+. The van der Waals surface area contributed by atoms with E-state index in [0.717, 1.165) is 26.8 Å². The van der Waals surface area contributed by atoms with Crippen LogP contribution >= 0.6 is 11.3 Å². The fourth-order valence-electron chi connectivity index (χ4n) is 2.31. The molecule has 0 saturated heterocycles. The first-order valence-corrected chi connectivity index (χ1v) is 9.96. The fraction of sp³-hybridized carbons (Fsp3) is 0.118. The van der Waals surface area contributed by atoms with Gasteiger partial charge in [-0.2, -0.15) is 4.98 Å². The topological polar surface area (TPSA) is 63.6 Å². The summed E-state index contributed by atoms with van der Waals surface area (Å²) in [6.07, 6.45) is 1.18. The van der Waals surface area contributed by atoms with Gasteiger partial charge in [0.15, 0.2) is 9.84 Å². The van der Waals surface area contributed by atoms with Gasteiger partial charge in [0, 0.05) is 11.8 Å². The summed E-state index contributed by atoms with van der Waals surface area (Å²) >= 11 is 1.52. The summed E-state index contributed by atoms with van der Waals surface area (Å²) in [7, 11) is -1.32. The molecule has 3 rings (SSSR count). The van der Waals surface area contributed by atoms with Crippen LogP contribution in [0.3, 0.4) is 0 Å². The van der Waals surface area contributed by atoms with Crippen LogP contribution in [0.2, 0.25) is 0 Å². The van der Waals surface area contributed by atoms with Crippen LogP contribution in [0, 0.1) is 5.82 Å². The Balaban J connectivity index is 2.10. The molecule has 0 fully saturated rings. The maximum absolute atomic E-state index is 13.2. The third kappa shape index (κ3) is 3.38. The first-order chi connectivity index (χ1) is 11.4. The van der Waals surface area contributed by atoms with Gasteiger partial charge < -0.3 is 0 Å². The van der Waals surface area contributed by atoms with Crippen LogP contribution in [0.4, 0.5) is 9.52 Å². The van der Waals surface area contributed by atoms with E-state index in [1.807, 2.05) is 12.4 Å². The lowest BCUT2D eigenvalue weighted by molar-refractivity contribution is -0.539. The molecule has 0 saturated carbocycles. The highest BCUT2D eigenvalue weighted by Crippen LogP contribution is 2.37. The lowest BCUT2D eigenvalue weighted by atomic mass is 10.1. The molecule has 7 heteroatoms. The van der Waals surface area contributed by atoms with Gasteiger partial charge in [-0.3, -0.25) is 5.32 Å². The number of thiazole rings is 1. The Kier molecular flexibility index (Phi) is 4.49. The van der Waals surface area contributed by atoms with Gasteiger partial charge >= 0.3 is 0 Å². The van der Waals surface area contributed by atoms with Crippen LogP contribution in [0.1, 0.15) is 0 Å². The second-order valence-electron chi connectivity index (χ2n) is 5.32. The summed E-state index contributed by atoms with van der Waals surface area (Å²) in [5, 5.41) is 2.77. The number of benzene rings is 2. The fourth-order valence-corrected chi connectivity index (χ4v) is 3.92.